The standard InChI is InChI=1S/C22H28N6OS3/c1-3-8-17-12-16(13-30-17)19-24-27-22(28(19)11-4-2)31-14-18(29)23-21-26-25-20(32-21)15-9-6-5-7-10-15/h4,12-13,15H,2-3,5-11,14H2,1H3,(H,23,26,29). The third-order valence-corrected chi connectivity index (χ3v) is 8.38. The number of aromatic nitrogens is 5. The van der Waals surface area contributed by atoms with E-state index >= 15 is 0 Å². The van der Waals surface area contributed by atoms with Gasteiger partial charge in [-0.15, -0.1) is 38.3 Å². The lowest BCUT2D eigenvalue weighted by atomic mass is 9.90. The number of thioether (sulfide) groups is 1. The van der Waals surface area contributed by atoms with Gasteiger partial charge in [0.05, 0.1) is 5.75 Å². The number of nitrogens with one attached hydrogen (secondary N) is 1. The molecule has 0 radical (unpaired) electrons. The zero-order valence-corrected chi connectivity index (χ0v) is 20.7. The number of thiophene rings is 1. The number of carbonyl (C=O) groups excluding carboxylic acids is 1. The lowest BCUT2D eigenvalue weighted by Crippen LogP contribution is -2.14. The van der Waals surface area contributed by atoms with Gasteiger partial charge in [-0.05, 0) is 25.3 Å². The van der Waals surface area contributed by atoms with Crippen molar-refractivity contribution >= 4 is 45.5 Å². The molecule has 0 unspecified atom stereocenters. The van der Waals surface area contributed by atoms with Crippen molar-refractivity contribution in [3.05, 3.63) is 34.0 Å². The number of aryl methyl sites for hydroxylation is 1. The molecule has 0 spiro atoms. The highest BCUT2D eigenvalue weighted by molar-refractivity contribution is 7.99. The molecule has 1 fully saturated rings. The molecule has 4 rings (SSSR count). The molecule has 0 atom stereocenters. The number of hydrogen-bond donors (Lipinski definition) is 1. The first kappa shape index (κ1) is 23.1. The smallest absolute Gasteiger partial charge is 0.236 e. The Morgan fingerprint density at radius 2 is 2.12 bits per heavy atom. The summed E-state index contributed by atoms with van der Waals surface area (Å²) in [6.45, 7) is 6.63. The van der Waals surface area contributed by atoms with Crippen molar-refractivity contribution in [2.24, 2.45) is 0 Å². The second-order valence-corrected chi connectivity index (χ2v) is 10.8. The maximum Gasteiger partial charge on any atom is 0.236 e. The molecule has 10 heteroatoms. The molecule has 0 aliphatic heterocycles. The fourth-order valence-corrected chi connectivity index (χ4v) is 6.51. The van der Waals surface area contributed by atoms with Gasteiger partial charge in [0, 0.05) is 28.3 Å². The number of nitrogens with zero attached hydrogens (tertiary/aromatic N) is 5. The fourth-order valence-electron chi connectivity index (χ4n) is 3.86. The van der Waals surface area contributed by atoms with Crippen molar-refractivity contribution in [2.45, 2.75) is 69.5 Å². The van der Waals surface area contributed by atoms with Gasteiger partial charge in [-0.1, -0.05) is 61.8 Å². The summed E-state index contributed by atoms with van der Waals surface area (Å²) in [5.41, 5.74) is 1.06. The van der Waals surface area contributed by atoms with Crippen molar-refractivity contribution in [1.29, 1.82) is 0 Å². The number of carbonyl (C=O) groups is 1. The number of amides is 1. The van der Waals surface area contributed by atoms with Crippen molar-refractivity contribution < 1.29 is 4.79 Å². The van der Waals surface area contributed by atoms with Gasteiger partial charge in [-0.3, -0.25) is 14.7 Å². The van der Waals surface area contributed by atoms with Crippen LogP contribution in [0.3, 0.4) is 0 Å². The number of anilines is 1. The van der Waals surface area contributed by atoms with Crippen LogP contribution in [0.15, 0.2) is 29.3 Å². The molecule has 170 valence electrons. The van der Waals surface area contributed by atoms with E-state index in [1.165, 1.54) is 60.1 Å². The lowest BCUT2D eigenvalue weighted by molar-refractivity contribution is -0.113. The van der Waals surface area contributed by atoms with Crippen LogP contribution >= 0.6 is 34.4 Å². The highest BCUT2D eigenvalue weighted by Crippen LogP contribution is 2.35. The average Bonchev–Trinajstić information content (AvgIpc) is 3.54. The highest BCUT2D eigenvalue weighted by atomic mass is 32.2. The number of allylic oxidation sites excluding steroid dienone is 1. The molecule has 0 aromatic carbocycles. The number of hydrogen-bond acceptors (Lipinski definition) is 8. The van der Waals surface area contributed by atoms with Gasteiger partial charge in [0.1, 0.15) is 5.01 Å². The fraction of sp³-hybridized carbons (Fsp3) is 0.500. The maximum absolute atomic E-state index is 12.5. The highest BCUT2D eigenvalue weighted by Gasteiger charge is 2.21. The topological polar surface area (TPSA) is 85.6 Å². The van der Waals surface area contributed by atoms with Gasteiger partial charge in [0.2, 0.25) is 11.0 Å². The van der Waals surface area contributed by atoms with Crippen LogP contribution in [-0.4, -0.2) is 36.6 Å². The first-order valence-electron chi connectivity index (χ1n) is 11.1. The molecule has 1 amide bonds. The summed E-state index contributed by atoms with van der Waals surface area (Å²) in [7, 11) is 0. The van der Waals surface area contributed by atoms with E-state index in [0.29, 0.717) is 22.8 Å². The van der Waals surface area contributed by atoms with Crippen molar-refractivity contribution in [1.82, 2.24) is 25.0 Å². The van der Waals surface area contributed by atoms with E-state index in [4.69, 9.17) is 0 Å². The molecule has 1 aliphatic carbocycles. The molecule has 3 aromatic rings. The Hall–Kier alpha value is -2.04. The van der Waals surface area contributed by atoms with E-state index in [1.54, 1.807) is 11.3 Å². The summed E-state index contributed by atoms with van der Waals surface area (Å²) < 4.78 is 2.01. The minimum atomic E-state index is -0.114. The normalized spacial score (nSPS) is 14.5. The van der Waals surface area contributed by atoms with Crippen LogP contribution < -0.4 is 5.32 Å². The largest absolute Gasteiger partial charge is 0.300 e. The molecule has 7 nitrogen and oxygen atoms in total. The summed E-state index contributed by atoms with van der Waals surface area (Å²) in [6, 6.07) is 2.18. The van der Waals surface area contributed by atoms with Crippen molar-refractivity contribution in [3.63, 3.8) is 0 Å². The molecular formula is C22H28N6OS3. The predicted molar refractivity (Wildman–Crippen MR) is 133 cm³/mol. The van der Waals surface area contributed by atoms with Crippen LogP contribution in [0.1, 0.15) is 61.3 Å². The third kappa shape index (κ3) is 5.65. The summed E-state index contributed by atoms with van der Waals surface area (Å²) in [5, 5.41) is 24.6. The Morgan fingerprint density at radius 3 is 2.91 bits per heavy atom. The van der Waals surface area contributed by atoms with E-state index in [0.717, 1.165) is 29.2 Å². The molecule has 3 heterocycles. The quantitative estimate of drug-likeness (QED) is 0.288. The van der Waals surface area contributed by atoms with Gasteiger partial charge in [0.15, 0.2) is 11.0 Å². The zero-order valence-electron chi connectivity index (χ0n) is 18.2. The predicted octanol–water partition coefficient (Wildman–Crippen LogP) is 5.78. The van der Waals surface area contributed by atoms with Crippen LogP contribution in [-0.2, 0) is 17.8 Å². The molecule has 0 saturated heterocycles. The van der Waals surface area contributed by atoms with Crippen LogP contribution in [0.4, 0.5) is 5.13 Å². The second-order valence-electron chi connectivity index (χ2n) is 7.87. The molecule has 32 heavy (non-hydrogen) atoms. The third-order valence-electron chi connectivity index (χ3n) is 5.41. The van der Waals surface area contributed by atoms with E-state index in [-0.39, 0.29) is 11.7 Å². The van der Waals surface area contributed by atoms with E-state index < -0.39 is 0 Å². The Bertz CT molecular complexity index is 1050. The zero-order chi connectivity index (χ0) is 22.3. The van der Waals surface area contributed by atoms with Gasteiger partial charge in [0.25, 0.3) is 0 Å². The minimum absolute atomic E-state index is 0.114. The molecule has 1 N–H and O–H groups in total. The maximum atomic E-state index is 12.5. The number of rotatable bonds is 10. The Morgan fingerprint density at radius 1 is 1.28 bits per heavy atom. The lowest BCUT2D eigenvalue weighted by Gasteiger charge is -2.18. The molecule has 1 saturated carbocycles. The van der Waals surface area contributed by atoms with Gasteiger partial charge < -0.3 is 0 Å². The summed E-state index contributed by atoms with van der Waals surface area (Å²) in [6.07, 6.45) is 10.2. The van der Waals surface area contributed by atoms with Gasteiger partial charge in [-0.2, -0.15) is 0 Å². The molecular weight excluding hydrogens is 460 g/mol. The first-order chi connectivity index (χ1) is 15.7. The Labute approximate surface area is 200 Å². The van der Waals surface area contributed by atoms with Crippen LogP contribution in [0, 0.1) is 0 Å². The Kier molecular flexibility index (Phi) is 8.10. The first-order valence-corrected chi connectivity index (χ1v) is 13.7. The van der Waals surface area contributed by atoms with E-state index in [9.17, 15) is 4.79 Å². The summed E-state index contributed by atoms with van der Waals surface area (Å²) in [5.74, 6) is 1.43. The minimum Gasteiger partial charge on any atom is -0.300 e. The molecule has 0 bridgehead atoms. The van der Waals surface area contributed by atoms with E-state index in [1.807, 2.05) is 10.6 Å². The van der Waals surface area contributed by atoms with Crippen LogP contribution in [0.25, 0.3) is 11.4 Å². The van der Waals surface area contributed by atoms with Crippen molar-refractivity contribution in [2.75, 3.05) is 11.1 Å². The van der Waals surface area contributed by atoms with E-state index in [2.05, 4.69) is 50.7 Å². The summed E-state index contributed by atoms with van der Waals surface area (Å²) >= 11 is 4.62. The van der Waals surface area contributed by atoms with Crippen molar-refractivity contribution in [3.8, 4) is 11.4 Å². The molecule has 3 aromatic heterocycles. The molecule has 1 aliphatic rings. The summed E-state index contributed by atoms with van der Waals surface area (Å²) in [4.78, 5) is 13.9. The van der Waals surface area contributed by atoms with Gasteiger partial charge >= 0.3 is 0 Å². The van der Waals surface area contributed by atoms with Crippen LogP contribution in [0.5, 0.6) is 0 Å². The second kappa shape index (κ2) is 11.2. The SMILES string of the molecule is C=CCn1c(SCC(=O)Nc2nnc(C3CCCCC3)s2)nnc1-c1csc(CCC)c1. The monoisotopic (exact) mass is 488 g/mol. The Balaban J connectivity index is 1.37. The van der Waals surface area contributed by atoms with Gasteiger partial charge in [-0.25, -0.2) is 0 Å². The van der Waals surface area contributed by atoms with Crippen LogP contribution in [0.2, 0.25) is 0 Å². The average molecular weight is 489 g/mol.